The summed E-state index contributed by atoms with van der Waals surface area (Å²) in [5, 5.41) is 0. The summed E-state index contributed by atoms with van der Waals surface area (Å²) in [5.74, 6) is 0.181. The van der Waals surface area contributed by atoms with Crippen molar-refractivity contribution >= 4 is 11.6 Å². The molecule has 0 N–H and O–H groups in total. The molecule has 0 saturated carbocycles. The van der Waals surface area contributed by atoms with E-state index in [1.54, 1.807) is 0 Å². The number of amides is 1. The zero-order valence-electron chi connectivity index (χ0n) is 14.9. The molecular weight excluding hydrogens is 308 g/mol. The van der Waals surface area contributed by atoms with Crippen LogP contribution in [0.4, 0.5) is 5.69 Å². The van der Waals surface area contributed by atoms with Gasteiger partial charge >= 0.3 is 0 Å². The lowest BCUT2D eigenvalue weighted by Gasteiger charge is -2.37. The smallest absolute Gasteiger partial charge is 0.253 e. The number of hydrogen-bond donors (Lipinski definition) is 0. The van der Waals surface area contributed by atoms with Gasteiger partial charge in [0.1, 0.15) is 0 Å². The van der Waals surface area contributed by atoms with Crippen LogP contribution in [0.15, 0.2) is 48.5 Å². The van der Waals surface area contributed by atoms with Gasteiger partial charge in [0.15, 0.2) is 0 Å². The van der Waals surface area contributed by atoms with Gasteiger partial charge < -0.3 is 9.80 Å². The van der Waals surface area contributed by atoms with Crippen LogP contribution < -0.4 is 4.90 Å². The fourth-order valence-corrected chi connectivity index (χ4v) is 4.05. The van der Waals surface area contributed by atoms with Gasteiger partial charge in [-0.2, -0.15) is 0 Å². The van der Waals surface area contributed by atoms with Crippen molar-refractivity contribution in [1.82, 2.24) is 4.90 Å². The number of rotatable bonds is 3. The van der Waals surface area contributed by atoms with Gasteiger partial charge in [0.05, 0.1) is 0 Å². The lowest BCUT2D eigenvalue weighted by molar-refractivity contribution is 0.0793. The Morgan fingerprint density at radius 2 is 1.76 bits per heavy atom. The Labute approximate surface area is 150 Å². The molecule has 2 aliphatic heterocycles. The summed E-state index contributed by atoms with van der Waals surface area (Å²) in [6, 6.07) is 17.5. The number of hydrogen-bond acceptors (Lipinski definition) is 2. The summed E-state index contributed by atoms with van der Waals surface area (Å²) in [6.07, 6.45) is 4.63. The fourth-order valence-electron chi connectivity index (χ4n) is 4.05. The number of anilines is 1. The van der Waals surface area contributed by atoms with E-state index in [9.17, 15) is 4.79 Å². The van der Waals surface area contributed by atoms with E-state index in [0.717, 1.165) is 44.5 Å². The Balaban J connectivity index is 1.50. The zero-order chi connectivity index (χ0) is 17.2. The van der Waals surface area contributed by atoms with Crippen molar-refractivity contribution in [3.63, 3.8) is 0 Å². The second-order valence-electron chi connectivity index (χ2n) is 7.34. The normalized spacial score (nSPS) is 19.8. The second-order valence-corrected chi connectivity index (χ2v) is 7.34. The van der Waals surface area contributed by atoms with E-state index in [1.165, 1.54) is 23.2 Å². The summed E-state index contributed by atoms with van der Waals surface area (Å²) in [5.41, 5.74) is 4.89. The maximum Gasteiger partial charge on any atom is 0.253 e. The lowest BCUT2D eigenvalue weighted by atomic mass is 9.96. The average Bonchev–Trinajstić information content (AvgIpc) is 3.19. The highest BCUT2D eigenvalue weighted by atomic mass is 16.2. The largest absolute Gasteiger partial charge is 0.364 e. The third-order valence-corrected chi connectivity index (χ3v) is 5.61. The van der Waals surface area contributed by atoms with Crippen LogP contribution in [0.2, 0.25) is 0 Å². The van der Waals surface area contributed by atoms with Crippen molar-refractivity contribution in [2.45, 2.75) is 45.2 Å². The van der Waals surface area contributed by atoms with Crippen LogP contribution in [0, 0.1) is 0 Å². The van der Waals surface area contributed by atoms with E-state index in [-0.39, 0.29) is 5.91 Å². The number of carbonyl (C=O) groups excluding carboxylic acids is 1. The van der Waals surface area contributed by atoms with Gasteiger partial charge in [-0.25, -0.2) is 0 Å². The number of nitrogens with zero attached hydrogens (tertiary/aromatic N) is 2. The molecule has 1 saturated heterocycles. The van der Waals surface area contributed by atoms with E-state index in [4.69, 9.17) is 0 Å². The van der Waals surface area contributed by atoms with Crippen LogP contribution in [0.5, 0.6) is 0 Å². The first-order chi connectivity index (χ1) is 12.2. The van der Waals surface area contributed by atoms with Crippen LogP contribution in [-0.4, -0.2) is 29.9 Å². The summed E-state index contributed by atoms with van der Waals surface area (Å²) >= 11 is 0. The number of benzene rings is 2. The van der Waals surface area contributed by atoms with Crippen molar-refractivity contribution in [3.05, 3.63) is 65.2 Å². The van der Waals surface area contributed by atoms with Gasteiger partial charge in [-0.1, -0.05) is 30.3 Å². The van der Waals surface area contributed by atoms with E-state index in [1.807, 2.05) is 17.0 Å². The molecule has 0 aromatic heterocycles. The van der Waals surface area contributed by atoms with Crippen LogP contribution in [0.1, 0.15) is 47.7 Å². The molecule has 0 spiro atoms. The second kappa shape index (κ2) is 6.91. The summed E-state index contributed by atoms with van der Waals surface area (Å²) < 4.78 is 0. The first-order valence-corrected chi connectivity index (χ1v) is 9.45. The first kappa shape index (κ1) is 16.2. The van der Waals surface area contributed by atoms with Crippen LogP contribution >= 0.6 is 0 Å². The molecule has 25 heavy (non-hydrogen) atoms. The van der Waals surface area contributed by atoms with Crippen molar-refractivity contribution in [3.8, 4) is 0 Å². The number of carbonyl (C=O) groups is 1. The van der Waals surface area contributed by atoms with Gasteiger partial charge in [-0.15, -0.1) is 0 Å². The Morgan fingerprint density at radius 1 is 1.04 bits per heavy atom. The third-order valence-electron chi connectivity index (χ3n) is 5.61. The standard InChI is InChI=1S/C22H26N2O/c1-17-8-11-19-6-2-3-7-21(19)24(17)16-18-9-12-20(13-10-18)22(25)23-14-4-5-15-23/h2-3,6-7,9-10,12-13,17H,4-5,8,11,14-16H2,1H3/t17-/m0/s1. The highest BCUT2D eigenvalue weighted by molar-refractivity contribution is 5.94. The molecule has 1 fully saturated rings. The molecule has 1 atom stereocenters. The molecule has 3 heteroatoms. The van der Waals surface area contributed by atoms with Crippen LogP contribution in [-0.2, 0) is 13.0 Å². The Bertz CT molecular complexity index is 747. The minimum absolute atomic E-state index is 0.181. The highest BCUT2D eigenvalue weighted by Crippen LogP contribution is 2.31. The molecule has 0 bridgehead atoms. The fraction of sp³-hybridized carbons (Fsp3) is 0.409. The predicted octanol–water partition coefficient (Wildman–Crippen LogP) is 4.26. The maximum atomic E-state index is 12.5. The molecule has 1 amide bonds. The molecule has 2 aliphatic rings. The number of fused-ring (bicyclic) bond motifs is 1. The van der Waals surface area contributed by atoms with E-state index in [0.29, 0.717) is 6.04 Å². The van der Waals surface area contributed by atoms with Crippen LogP contribution in [0.25, 0.3) is 0 Å². The number of aryl methyl sites for hydroxylation is 1. The van der Waals surface area contributed by atoms with Gasteiger partial charge in [-0.3, -0.25) is 4.79 Å². The molecule has 0 aliphatic carbocycles. The maximum absolute atomic E-state index is 12.5. The predicted molar refractivity (Wildman–Crippen MR) is 102 cm³/mol. The van der Waals surface area contributed by atoms with E-state index >= 15 is 0 Å². The SMILES string of the molecule is C[C@H]1CCc2ccccc2N1Cc1ccc(C(=O)N2CCCC2)cc1. The molecule has 4 rings (SSSR count). The summed E-state index contributed by atoms with van der Waals surface area (Å²) in [6.45, 7) is 5.02. The zero-order valence-corrected chi connectivity index (χ0v) is 14.9. The van der Waals surface area contributed by atoms with Gasteiger partial charge in [0, 0.05) is 36.9 Å². The monoisotopic (exact) mass is 334 g/mol. The number of para-hydroxylation sites is 1. The molecular formula is C22H26N2O. The van der Waals surface area contributed by atoms with Gasteiger partial charge in [-0.05, 0) is 61.9 Å². The quantitative estimate of drug-likeness (QED) is 0.837. The lowest BCUT2D eigenvalue weighted by Crippen LogP contribution is -2.36. The third kappa shape index (κ3) is 3.28. The topological polar surface area (TPSA) is 23.6 Å². The average molecular weight is 334 g/mol. The minimum atomic E-state index is 0.181. The van der Waals surface area contributed by atoms with E-state index in [2.05, 4.69) is 48.2 Å². The molecule has 130 valence electrons. The molecule has 3 nitrogen and oxygen atoms in total. The molecule has 2 aromatic rings. The van der Waals surface area contributed by atoms with Gasteiger partial charge in [0.2, 0.25) is 0 Å². The highest BCUT2D eigenvalue weighted by Gasteiger charge is 2.23. The number of likely N-dealkylation sites (tertiary alicyclic amines) is 1. The van der Waals surface area contributed by atoms with E-state index < -0.39 is 0 Å². The first-order valence-electron chi connectivity index (χ1n) is 9.45. The Kier molecular flexibility index (Phi) is 4.48. The molecule has 0 radical (unpaired) electrons. The minimum Gasteiger partial charge on any atom is -0.364 e. The molecule has 2 heterocycles. The summed E-state index contributed by atoms with van der Waals surface area (Å²) in [7, 11) is 0. The molecule has 2 aromatic carbocycles. The van der Waals surface area contributed by atoms with Crippen molar-refractivity contribution in [2.24, 2.45) is 0 Å². The molecule has 0 unspecified atom stereocenters. The Morgan fingerprint density at radius 3 is 2.52 bits per heavy atom. The Hall–Kier alpha value is -2.29. The van der Waals surface area contributed by atoms with Crippen molar-refractivity contribution in [2.75, 3.05) is 18.0 Å². The van der Waals surface area contributed by atoms with Crippen LogP contribution in [0.3, 0.4) is 0 Å². The van der Waals surface area contributed by atoms with Crippen molar-refractivity contribution in [1.29, 1.82) is 0 Å². The summed E-state index contributed by atoms with van der Waals surface area (Å²) in [4.78, 5) is 16.9. The van der Waals surface area contributed by atoms with Gasteiger partial charge in [0.25, 0.3) is 5.91 Å². The van der Waals surface area contributed by atoms with Crippen molar-refractivity contribution < 1.29 is 4.79 Å².